The molecule has 3 amide bonds. The van der Waals surface area contributed by atoms with Gasteiger partial charge in [-0.2, -0.15) is 0 Å². The lowest BCUT2D eigenvalue weighted by Crippen LogP contribution is -2.58. The summed E-state index contributed by atoms with van der Waals surface area (Å²) in [5.74, 6) is -1.94. The molecule has 0 radical (unpaired) electrons. The number of aliphatic hydroxyl groups is 1. The van der Waals surface area contributed by atoms with Gasteiger partial charge in [0.2, 0.25) is 17.7 Å². The van der Waals surface area contributed by atoms with Gasteiger partial charge in [0, 0.05) is 13.1 Å². The highest BCUT2D eigenvalue weighted by molar-refractivity contribution is 5.98. The molecule has 0 aromatic heterocycles. The molecule has 2 saturated heterocycles. The number of carbonyl (C=O) groups excluding carboxylic acids is 4. The van der Waals surface area contributed by atoms with Gasteiger partial charge >= 0.3 is 0 Å². The quantitative estimate of drug-likeness (QED) is 0.184. The number of hydrogen-bond donors (Lipinski definition) is 5. The minimum absolute atomic E-state index is 0.0877. The van der Waals surface area contributed by atoms with Gasteiger partial charge in [-0.15, -0.1) is 0 Å². The van der Waals surface area contributed by atoms with Crippen LogP contribution in [0.25, 0.3) is 0 Å². The number of amides is 3. The lowest BCUT2D eigenvalue weighted by atomic mass is 9.90. The van der Waals surface area contributed by atoms with E-state index in [0.29, 0.717) is 32.7 Å². The van der Waals surface area contributed by atoms with Gasteiger partial charge in [-0.25, -0.2) is 0 Å². The van der Waals surface area contributed by atoms with E-state index in [1.807, 2.05) is 4.90 Å². The van der Waals surface area contributed by atoms with Crippen molar-refractivity contribution in [1.29, 1.82) is 0 Å². The van der Waals surface area contributed by atoms with Crippen LogP contribution in [0.15, 0.2) is 18.2 Å². The van der Waals surface area contributed by atoms with Gasteiger partial charge in [0.05, 0.1) is 39.5 Å². The Hall–Kier alpha value is -3.26. The average molecular weight is 605 g/mol. The lowest BCUT2D eigenvalue weighted by Gasteiger charge is -2.29. The molecule has 1 saturated carbocycles. The Balaban J connectivity index is 1.50. The number of methoxy groups -OCH3 is 1. The molecule has 4 rings (SSSR count). The molecule has 0 spiro atoms. The number of Topliss-reactive ketones (excluding diaryl/α,β-unsaturated/α-hetero) is 1. The third kappa shape index (κ3) is 8.65. The number of benzene rings is 1. The molecule has 13 heteroatoms. The summed E-state index contributed by atoms with van der Waals surface area (Å²) < 4.78 is 15.7. The van der Waals surface area contributed by atoms with E-state index in [9.17, 15) is 29.4 Å². The minimum atomic E-state index is -1.60. The fraction of sp³-hybridized carbons (Fsp3) is 0.667. The van der Waals surface area contributed by atoms with Gasteiger partial charge in [-0.1, -0.05) is 31.7 Å². The van der Waals surface area contributed by atoms with Gasteiger partial charge in [-0.05, 0) is 43.9 Å². The van der Waals surface area contributed by atoms with Crippen molar-refractivity contribution in [2.24, 2.45) is 5.92 Å². The highest BCUT2D eigenvalue weighted by Gasteiger charge is 2.50. The fourth-order valence-corrected chi connectivity index (χ4v) is 5.66. The SMILES string of the molecule is COc1ccc(C(O)C(NC(=O)C(C)NC(=O)CN2CCOCC2)C(=O)NC(CC2CCCC2)C(=O)C2(C)CO2)cc1O. The molecule has 13 nitrogen and oxygen atoms in total. The number of nitrogens with zero attached hydrogens (tertiary/aromatic N) is 1. The molecule has 2 heterocycles. The van der Waals surface area contributed by atoms with E-state index in [0.717, 1.165) is 25.7 Å². The fourth-order valence-electron chi connectivity index (χ4n) is 5.66. The molecule has 1 aromatic rings. The first-order valence-electron chi connectivity index (χ1n) is 14.9. The van der Waals surface area contributed by atoms with Crippen molar-refractivity contribution >= 4 is 23.5 Å². The Kier molecular flexibility index (Phi) is 11.0. The van der Waals surface area contributed by atoms with Crippen LogP contribution in [-0.2, 0) is 28.7 Å². The number of hydrogen-bond acceptors (Lipinski definition) is 10. The summed E-state index contributed by atoms with van der Waals surface area (Å²) in [6, 6.07) is 0.676. The van der Waals surface area contributed by atoms with E-state index in [1.165, 1.54) is 32.2 Å². The van der Waals surface area contributed by atoms with Crippen molar-refractivity contribution in [3.8, 4) is 11.5 Å². The summed E-state index contributed by atoms with van der Waals surface area (Å²) in [5, 5.41) is 29.6. The van der Waals surface area contributed by atoms with Crippen LogP contribution in [0.3, 0.4) is 0 Å². The number of aromatic hydroxyl groups is 1. The topological polar surface area (TPSA) is 179 Å². The maximum Gasteiger partial charge on any atom is 0.246 e. The highest BCUT2D eigenvalue weighted by Crippen LogP contribution is 2.34. The molecule has 43 heavy (non-hydrogen) atoms. The number of ether oxygens (including phenoxy) is 3. The zero-order chi connectivity index (χ0) is 31.1. The van der Waals surface area contributed by atoms with Gasteiger partial charge in [-0.3, -0.25) is 24.1 Å². The zero-order valence-electron chi connectivity index (χ0n) is 25.1. The van der Waals surface area contributed by atoms with Gasteiger partial charge < -0.3 is 40.4 Å². The third-order valence-corrected chi connectivity index (χ3v) is 8.46. The molecular weight excluding hydrogens is 560 g/mol. The molecule has 3 aliphatic rings. The molecule has 3 fully saturated rings. The van der Waals surface area contributed by atoms with Crippen LogP contribution >= 0.6 is 0 Å². The second-order valence-electron chi connectivity index (χ2n) is 11.9. The van der Waals surface area contributed by atoms with E-state index < -0.39 is 41.6 Å². The molecule has 238 valence electrons. The maximum absolute atomic E-state index is 13.8. The normalized spacial score (nSPS) is 23.4. The average Bonchev–Trinajstić information content (AvgIpc) is 3.53. The summed E-state index contributed by atoms with van der Waals surface area (Å²) in [7, 11) is 1.38. The number of morpholine rings is 1. The molecule has 5 unspecified atom stereocenters. The summed E-state index contributed by atoms with van der Waals surface area (Å²) in [5.41, 5.74) is -0.839. The molecule has 0 bridgehead atoms. The monoisotopic (exact) mass is 604 g/mol. The van der Waals surface area contributed by atoms with Crippen molar-refractivity contribution in [3.05, 3.63) is 23.8 Å². The number of ketones is 1. The van der Waals surface area contributed by atoms with Crippen LogP contribution in [0.5, 0.6) is 11.5 Å². The van der Waals surface area contributed by atoms with Crippen LogP contribution in [-0.4, -0.2) is 109 Å². The maximum atomic E-state index is 13.8. The van der Waals surface area contributed by atoms with E-state index in [1.54, 1.807) is 6.92 Å². The van der Waals surface area contributed by atoms with Crippen LogP contribution in [0.1, 0.15) is 57.6 Å². The zero-order valence-corrected chi connectivity index (χ0v) is 25.1. The predicted molar refractivity (Wildman–Crippen MR) is 154 cm³/mol. The largest absolute Gasteiger partial charge is 0.504 e. The Morgan fingerprint density at radius 2 is 1.77 bits per heavy atom. The second kappa shape index (κ2) is 14.5. The van der Waals surface area contributed by atoms with Crippen molar-refractivity contribution in [2.45, 2.75) is 75.8 Å². The summed E-state index contributed by atoms with van der Waals surface area (Å²) in [6.07, 6.45) is 2.84. The van der Waals surface area contributed by atoms with Crippen molar-refractivity contribution in [2.75, 3.05) is 46.6 Å². The highest BCUT2D eigenvalue weighted by atomic mass is 16.6. The van der Waals surface area contributed by atoms with E-state index >= 15 is 0 Å². The molecule has 2 aliphatic heterocycles. The van der Waals surface area contributed by atoms with Crippen LogP contribution < -0.4 is 20.7 Å². The van der Waals surface area contributed by atoms with Gasteiger partial charge in [0.25, 0.3) is 0 Å². The predicted octanol–water partition coefficient (Wildman–Crippen LogP) is 0.179. The first-order valence-corrected chi connectivity index (χ1v) is 14.9. The number of nitrogens with one attached hydrogen (secondary N) is 3. The molecule has 5 N–H and O–H groups in total. The number of aliphatic hydroxyl groups excluding tert-OH is 1. The van der Waals surface area contributed by atoms with Gasteiger partial charge in [0.1, 0.15) is 23.8 Å². The Labute approximate surface area is 251 Å². The first kappa shape index (κ1) is 32.6. The number of phenols is 1. The molecule has 1 aliphatic carbocycles. The number of epoxide rings is 1. The summed E-state index contributed by atoms with van der Waals surface area (Å²) in [6.45, 7) is 5.75. The minimum Gasteiger partial charge on any atom is -0.504 e. The molecule has 1 aromatic carbocycles. The molecular formula is C30H44N4O9. The molecule has 5 atom stereocenters. The number of carbonyl (C=O) groups is 4. The second-order valence-corrected chi connectivity index (χ2v) is 11.9. The smallest absolute Gasteiger partial charge is 0.246 e. The number of rotatable bonds is 14. The summed E-state index contributed by atoms with van der Waals surface area (Å²) in [4.78, 5) is 54.9. The van der Waals surface area contributed by atoms with E-state index in [-0.39, 0.29) is 47.8 Å². The van der Waals surface area contributed by atoms with Crippen LogP contribution in [0.4, 0.5) is 0 Å². The van der Waals surface area contributed by atoms with Crippen LogP contribution in [0, 0.1) is 5.92 Å². The Morgan fingerprint density at radius 1 is 1.09 bits per heavy atom. The van der Waals surface area contributed by atoms with E-state index in [4.69, 9.17) is 14.2 Å². The first-order chi connectivity index (χ1) is 20.5. The Morgan fingerprint density at radius 3 is 2.37 bits per heavy atom. The standard InChI is InChI=1S/C30H44N4O9/c1-18(31-24(36)16-34-10-12-42-13-11-34)28(39)33-25(26(37)20-8-9-23(41-3)22(35)15-20)29(40)32-21(14-19-6-4-5-7-19)27(38)30(2)17-43-30/h8-9,15,18-19,21,25-26,35,37H,4-7,10-14,16-17H2,1-3H3,(H,31,36)(H,32,40)(H,33,39). The Bertz CT molecular complexity index is 1160. The van der Waals surface area contributed by atoms with E-state index in [2.05, 4.69) is 16.0 Å². The van der Waals surface area contributed by atoms with Crippen LogP contribution in [0.2, 0.25) is 0 Å². The number of phenolic OH excluding ortho intramolecular Hbond substituents is 1. The summed E-state index contributed by atoms with van der Waals surface area (Å²) >= 11 is 0. The van der Waals surface area contributed by atoms with Gasteiger partial charge in [0.15, 0.2) is 17.3 Å². The van der Waals surface area contributed by atoms with Crippen molar-refractivity contribution in [3.63, 3.8) is 0 Å². The lowest BCUT2D eigenvalue weighted by molar-refractivity contribution is -0.136. The van der Waals surface area contributed by atoms with Crippen molar-refractivity contribution < 1.29 is 43.6 Å². The van der Waals surface area contributed by atoms with Crippen molar-refractivity contribution in [1.82, 2.24) is 20.9 Å². The third-order valence-electron chi connectivity index (χ3n) is 8.46.